The van der Waals surface area contributed by atoms with Crippen molar-refractivity contribution in [1.82, 2.24) is 4.90 Å². The lowest BCUT2D eigenvalue weighted by atomic mass is 10.1. The largest absolute Gasteiger partial charge is 0.465 e. The zero-order valence-electron chi connectivity index (χ0n) is 11.6. The lowest BCUT2D eigenvalue weighted by molar-refractivity contribution is 0.148. The molecule has 0 bridgehead atoms. The Hall–Kier alpha value is -0.620. The molecule has 0 spiro atoms. The summed E-state index contributed by atoms with van der Waals surface area (Å²) in [6, 6.07) is 5.36. The van der Waals surface area contributed by atoms with Crippen LogP contribution >= 0.6 is 35.0 Å². The van der Waals surface area contributed by atoms with Gasteiger partial charge in [0.25, 0.3) is 0 Å². The average Bonchev–Trinajstić information content (AvgIpc) is 2.45. The standard InChI is InChI=1S/C14H19Cl2NO3S/c15-12-4-1-3-11(13(12)16)5-6-17(14(19)20)7-10-21-9-2-8-18/h1,3-4,18H,2,5-10H2,(H,19,20). The lowest BCUT2D eigenvalue weighted by Crippen LogP contribution is -2.33. The lowest BCUT2D eigenvalue weighted by Gasteiger charge is -2.19. The molecule has 0 aliphatic carbocycles. The summed E-state index contributed by atoms with van der Waals surface area (Å²) in [6.07, 6.45) is 0.332. The van der Waals surface area contributed by atoms with Crippen molar-refractivity contribution in [3.05, 3.63) is 33.8 Å². The van der Waals surface area contributed by atoms with Crippen LogP contribution < -0.4 is 0 Å². The van der Waals surface area contributed by atoms with E-state index in [4.69, 9.17) is 28.3 Å². The summed E-state index contributed by atoms with van der Waals surface area (Å²) < 4.78 is 0. The fourth-order valence-electron chi connectivity index (χ4n) is 1.74. The number of amides is 1. The van der Waals surface area contributed by atoms with Crippen molar-refractivity contribution in [3.63, 3.8) is 0 Å². The minimum absolute atomic E-state index is 0.170. The summed E-state index contributed by atoms with van der Waals surface area (Å²) in [4.78, 5) is 12.6. The SMILES string of the molecule is O=C(O)N(CCSCCCO)CCc1cccc(Cl)c1Cl. The van der Waals surface area contributed by atoms with Crippen molar-refractivity contribution < 1.29 is 15.0 Å². The molecule has 0 radical (unpaired) electrons. The third-order valence-corrected chi connectivity index (χ3v) is 4.81. The molecule has 2 N–H and O–H groups in total. The summed E-state index contributed by atoms with van der Waals surface area (Å²) in [6.45, 7) is 1.02. The zero-order chi connectivity index (χ0) is 15.7. The van der Waals surface area contributed by atoms with E-state index in [-0.39, 0.29) is 6.61 Å². The highest BCUT2D eigenvalue weighted by molar-refractivity contribution is 7.99. The quantitative estimate of drug-likeness (QED) is 0.667. The van der Waals surface area contributed by atoms with Crippen molar-refractivity contribution in [2.24, 2.45) is 0 Å². The van der Waals surface area contributed by atoms with E-state index in [2.05, 4.69) is 0 Å². The molecular formula is C14H19Cl2NO3S. The van der Waals surface area contributed by atoms with Gasteiger partial charge in [-0.1, -0.05) is 35.3 Å². The third kappa shape index (κ3) is 6.78. The van der Waals surface area contributed by atoms with Crippen molar-refractivity contribution in [1.29, 1.82) is 0 Å². The fourth-order valence-corrected chi connectivity index (χ4v) is 3.04. The highest BCUT2D eigenvalue weighted by Gasteiger charge is 2.13. The van der Waals surface area contributed by atoms with Gasteiger partial charge < -0.3 is 15.1 Å². The topological polar surface area (TPSA) is 60.8 Å². The van der Waals surface area contributed by atoms with Gasteiger partial charge in [-0.25, -0.2) is 4.79 Å². The van der Waals surface area contributed by atoms with Crippen LogP contribution in [0.5, 0.6) is 0 Å². The van der Waals surface area contributed by atoms with Crippen LogP contribution in [0.1, 0.15) is 12.0 Å². The fraction of sp³-hybridized carbons (Fsp3) is 0.500. The van der Waals surface area contributed by atoms with Gasteiger partial charge >= 0.3 is 6.09 Å². The van der Waals surface area contributed by atoms with Crippen LogP contribution in [0.25, 0.3) is 0 Å². The van der Waals surface area contributed by atoms with Gasteiger partial charge in [0.15, 0.2) is 0 Å². The number of hydrogen-bond acceptors (Lipinski definition) is 3. The Morgan fingerprint density at radius 2 is 2.00 bits per heavy atom. The number of carboxylic acid groups (broad SMARTS) is 1. The monoisotopic (exact) mass is 351 g/mol. The number of hydrogen-bond donors (Lipinski definition) is 2. The first-order valence-electron chi connectivity index (χ1n) is 6.65. The van der Waals surface area contributed by atoms with Gasteiger partial charge in [-0.3, -0.25) is 0 Å². The van der Waals surface area contributed by atoms with Crippen LogP contribution in [-0.2, 0) is 6.42 Å². The molecule has 1 aromatic rings. The maximum atomic E-state index is 11.2. The van der Waals surface area contributed by atoms with Crippen LogP contribution in [0.3, 0.4) is 0 Å². The molecular weight excluding hydrogens is 333 g/mol. The molecule has 0 fully saturated rings. The zero-order valence-corrected chi connectivity index (χ0v) is 13.9. The number of nitrogens with zero attached hydrogens (tertiary/aromatic N) is 1. The highest BCUT2D eigenvalue weighted by Crippen LogP contribution is 2.25. The molecule has 118 valence electrons. The molecule has 0 aliphatic heterocycles. The minimum atomic E-state index is -0.934. The molecule has 21 heavy (non-hydrogen) atoms. The first-order valence-corrected chi connectivity index (χ1v) is 8.56. The molecule has 1 aromatic carbocycles. The molecule has 1 rings (SSSR count). The molecule has 0 saturated carbocycles. The molecule has 0 atom stereocenters. The maximum absolute atomic E-state index is 11.2. The number of rotatable bonds is 9. The second-order valence-electron chi connectivity index (χ2n) is 4.42. The Kier molecular flexibility index (Phi) is 8.92. The van der Waals surface area contributed by atoms with E-state index >= 15 is 0 Å². The van der Waals surface area contributed by atoms with Gasteiger partial charge in [0, 0.05) is 25.4 Å². The van der Waals surface area contributed by atoms with Crippen molar-refractivity contribution in [2.45, 2.75) is 12.8 Å². The molecule has 7 heteroatoms. The van der Waals surface area contributed by atoms with Gasteiger partial charge in [-0.2, -0.15) is 11.8 Å². The van der Waals surface area contributed by atoms with E-state index in [0.29, 0.717) is 29.6 Å². The van der Waals surface area contributed by atoms with Gasteiger partial charge in [0.05, 0.1) is 10.0 Å². The number of benzene rings is 1. The third-order valence-electron chi connectivity index (χ3n) is 2.91. The minimum Gasteiger partial charge on any atom is -0.465 e. The van der Waals surface area contributed by atoms with Crippen molar-refractivity contribution >= 4 is 41.1 Å². The first kappa shape index (κ1) is 18.4. The highest BCUT2D eigenvalue weighted by atomic mass is 35.5. The average molecular weight is 352 g/mol. The molecule has 0 unspecified atom stereocenters. The number of halogens is 2. The summed E-state index contributed by atoms with van der Waals surface area (Å²) in [5.41, 5.74) is 0.850. The second kappa shape index (κ2) is 10.2. The molecule has 4 nitrogen and oxygen atoms in total. The van der Waals surface area contributed by atoms with Gasteiger partial charge in [-0.05, 0) is 30.2 Å². The van der Waals surface area contributed by atoms with E-state index in [1.54, 1.807) is 23.9 Å². The Morgan fingerprint density at radius 3 is 2.67 bits per heavy atom. The van der Waals surface area contributed by atoms with Crippen LogP contribution in [0, 0.1) is 0 Å². The van der Waals surface area contributed by atoms with Crippen LogP contribution in [0.15, 0.2) is 18.2 Å². The predicted octanol–water partition coefficient (Wildman–Crippen LogP) is 3.63. The number of aliphatic hydroxyl groups is 1. The van der Waals surface area contributed by atoms with E-state index in [1.165, 1.54) is 4.90 Å². The van der Waals surface area contributed by atoms with E-state index < -0.39 is 6.09 Å². The summed E-state index contributed by atoms with van der Waals surface area (Å²) >= 11 is 13.7. The summed E-state index contributed by atoms with van der Waals surface area (Å²) in [5.74, 6) is 1.56. The maximum Gasteiger partial charge on any atom is 0.407 e. The number of carbonyl (C=O) groups is 1. The molecule has 0 saturated heterocycles. The number of thioether (sulfide) groups is 1. The first-order chi connectivity index (χ1) is 10.1. The molecule has 0 aliphatic rings. The second-order valence-corrected chi connectivity index (χ2v) is 6.43. The van der Waals surface area contributed by atoms with Gasteiger partial charge in [0.2, 0.25) is 0 Å². The van der Waals surface area contributed by atoms with Gasteiger partial charge in [0.1, 0.15) is 0 Å². The van der Waals surface area contributed by atoms with Crippen molar-refractivity contribution in [2.75, 3.05) is 31.2 Å². The Morgan fingerprint density at radius 1 is 1.24 bits per heavy atom. The van der Waals surface area contributed by atoms with Crippen LogP contribution in [-0.4, -0.2) is 52.4 Å². The molecule has 1 amide bonds. The molecule has 0 aromatic heterocycles. The van der Waals surface area contributed by atoms with Gasteiger partial charge in [-0.15, -0.1) is 0 Å². The van der Waals surface area contributed by atoms with E-state index in [1.807, 2.05) is 6.07 Å². The van der Waals surface area contributed by atoms with Crippen LogP contribution in [0.2, 0.25) is 10.0 Å². The Bertz CT molecular complexity index is 460. The van der Waals surface area contributed by atoms with E-state index in [9.17, 15) is 9.90 Å². The Balaban J connectivity index is 2.44. The summed E-state index contributed by atoms with van der Waals surface area (Å²) in [7, 11) is 0. The predicted molar refractivity (Wildman–Crippen MR) is 88.8 cm³/mol. The Labute approximate surface area is 139 Å². The van der Waals surface area contributed by atoms with E-state index in [0.717, 1.165) is 23.5 Å². The molecule has 0 heterocycles. The normalized spacial score (nSPS) is 10.6. The van der Waals surface area contributed by atoms with Crippen LogP contribution in [0.4, 0.5) is 4.79 Å². The van der Waals surface area contributed by atoms with Crippen molar-refractivity contribution in [3.8, 4) is 0 Å². The summed E-state index contributed by atoms with van der Waals surface area (Å²) in [5, 5.41) is 18.8. The number of aliphatic hydroxyl groups excluding tert-OH is 1. The smallest absolute Gasteiger partial charge is 0.407 e.